The maximum atomic E-state index is 12.2. The van der Waals surface area contributed by atoms with Gasteiger partial charge in [-0.05, 0) is 65.1 Å². The molecule has 0 spiro atoms. The lowest BCUT2D eigenvalue weighted by molar-refractivity contribution is 0.0977. The molecule has 0 bridgehead atoms. The molecule has 0 radical (unpaired) electrons. The molecule has 2 aromatic carbocycles. The number of ether oxygens (including phenoxy) is 1. The lowest BCUT2D eigenvalue weighted by atomic mass is 10.2. The third-order valence-electron chi connectivity index (χ3n) is 3.22. The van der Waals surface area contributed by atoms with E-state index in [0.717, 1.165) is 13.8 Å². The number of anilines is 1. The Kier molecular flexibility index (Phi) is 5.72. The standard InChI is InChI=1S/C16H11ClIN3O2S2/c1-23-12-7-13-11(6-10(12)17)19-16(25-13)21-15(24)20-14(22)8-2-4-9(18)5-3-8/h2-7H,1H3,(H2,19,20,21,22,24). The monoisotopic (exact) mass is 503 g/mol. The molecule has 5 nitrogen and oxygen atoms in total. The number of carbonyl (C=O) groups is 1. The fourth-order valence-corrected chi connectivity index (χ4v) is 3.77. The lowest BCUT2D eigenvalue weighted by Gasteiger charge is -2.07. The number of carbonyl (C=O) groups excluding carboxylic acids is 1. The number of fused-ring (bicyclic) bond motifs is 1. The Morgan fingerprint density at radius 3 is 2.72 bits per heavy atom. The average Bonchev–Trinajstić information content (AvgIpc) is 2.95. The van der Waals surface area contributed by atoms with Crippen LogP contribution in [0.2, 0.25) is 5.02 Å². The fraction of sp³-hybridized carbons (Fsp3) is 0.0625. The maximum absolute atomic E-state index is 12.2. The SMILES string of the molecule is COc1cc2sc(NC(=S)NC(=O)c3ccc(I)cc3)nc2cc1Cl. The van der Waals surface area contributed by atoms with E-state index in [2.05, 4.69) is 38.2 Å². The minimum Gasteiger partial charge on any atom is -0.495 e. The molecule has 0 aliphatic heterocycles. The van der Waals surface area contributed by atoms with Crippen LogP contribution < -0.4 is 15.4 Å². The van der Waals surface area contributed by atoms with E-state index >= 15 is 0 Å². The lowest BCUT2D eigenvalue weighted by Crippen LogP contribution is -2.34. The third kappa shape index (κ3) is 4.38. The Bertz CT molecular complexity index is 960. The van der Waals surface area contributed by atoms with Crippen molar-refractivity contribution in [2.24, 2.45) is 0 Å². The van der Waals surface area contributed by atoms with E-state index < -0.39 is 0 Å². The Morgan fingerprint density at radius 2 is 2.04 bits per heavy atom. The molecule has 128 valence electrons. The highest BCUT2D eigenvalue weighted by Gasteiger charge is 2.12. The molecule has 2 N–H and O–H groups in total. The highest BCUT2D eigenvalue weighted by atomic mass is 127. The number of nitrogens with zero attached hydrogens (tertiary/aromatic N) is 1. The molecular weight excluding hydrogens is 493 g/mol. The van der Waals surface area contributed by atoms with Gasteiger partial charge in [0, 0.05) is 15.2 Å². The van der Waals surface area contributed by atoms with Crippen LogP contribution in [0, 0.1) is 3.57 Å². The number of rotatable bonds is 3. The first-order valence-electron chi connectivity index (χ1n) is 6.98. The third-order valence-corrected chi connectivity index (χ3v) is 5.37. The molecule has 0 atom stereocenters. The van der Waals surface area contributed by atoms with Crippen molar-refractivity contribution in [2.45, 2.75) is 0 Å². The van der Waals surface area contributed by atoms with Crippen molar-refractivity contribution >= 4 is 84.1 Å². The second kappa shape index (κ2) is 7.81. The van der Waals surface area contributed by atoms with Gasteiger partial charge in [0.2, 0.25) is 0 Å². The van der Waals surface area contributed by atoms with Gasteiger partial charge in [0.05, 0.1) is 22.3 Å². The summed E-state index contributed by atoms with van der Waals surface area (Å²) in [5.74, 6) is 0.304. The fourth-order valence-electron chi connectivity index (χ4n) is 2.04. The second-order valence-electron chi connectivity index (χ2n) is 4.89. The summed E-state index contributed by atoms with van der Waals surface area (Å²) in [7, 11) is 1.56. The van der Waals surface area contributed by atoms with Gasteiger partial charge < -0.3 is 10.1 Å². The van der Waals surface area contributed by atoms with Crippen LogP contribution in [-0.4, -0.2) is 23.1 Å². The number of amides is 1. The maximum Gasteiger partial charge on any atom is 0.257 e. The predicted molar refractivity (Wildman–Crippen MR) is 114 cm³/mol. The molecule has 0 aliphatic carbocycles. The first kappa shape index (κ1) is 18.3. The van der Waals surface area contributed by atoms with E-state index in [-0.39, 0.29) is 11.0 Å². The normalized spacial score (nSPS) is 10.5. The van der Waals surface area contributed by atoms with Crippen molar-refractivity contribution in [2.75, 3.05) is 12.4 Å². The molecule has 0 saturated carbocycles. The number of methoxy groups -OCH3 is 1. The molecule has 3 rings (SSSR count). The number of benzene rings is 2. The first-order valence-corrected chi connectivity index (χ1v) is 9.66. The van der Waals surface area contributed by atoms with Gasteiger partial charge in [0.15, 0.2) is 10.2 Å². The minimum atomic E-state index is -0.278. The van der Waals surface area contributed by atoms with Crippen LogP contribution in [0.15, 0.2) is 36.4 Å². The van der Waals surface area contributed by atoms with Crippen LogP contribution >= 0.6 is 57.7 Å². The Balaban J connectivity index is 1.71. The van der Waals surface area contributed by atoms with Gasteiger partial charge in [-0.2, -0.15) is 0 Å². The van der Waals surface area contributed by atoms with Crippen molar-refractivity contribution < 1.29 is 9.53 Å². The van der Waals surface area contributed by atoms with Crippen LogP contribution in [0.3, 0.4) is 0 Å². The van der Waals surface area contributed by atoms with E-state index in [0.29, 0.717) is 21.5 Å². The number of nitrogens with one attached hydrogen (secondary N) is 2. The number of thiocarbonyl (C=S) groups is 1. The van der Waals surface area contributed by atoms with Gasteiger partial charge in [-0.15, -0.1) is 0 Å². The summed E-state index contributed by atoms with van der Waals surface area (Å²) in [6, 6.07) is 10.7. The summed E-state index contributed by atoms with van der Waals surface area (Å²) in [6.07, 6.45) is 0. The second-order valence-corrected chi connectivity index (χ2v) is 7.98. The largest absolute Gasteiger partial charge is 0.495 e. The smallest absolute Gasteiger partial charge is 0.257 e. The highest BCUT2D eigenvalue weighted by Crippen LogP contribution is 2.34. The average molecular weight is 504 g/mol. The molecule has 0 aliphatic rings. The van der Waals surface area contributed by atoms with Gasteiger partial charge in [0.25, 0.3) is 5.91 Å². The number of aromatic nitrogens is 1. The number of hydrogen-bond acceptors (Lipinski definition) is 5. The van der Waals surface area contributed by atoms with Crippen LogP contribution in [0.4, 0.5) is 5.13 Å². The Morgan fingerprint density at radius 1 is 1.32 bits per heavy atom. The minimum absolute atomic E-state index is 0.181. The van der Waals surface area contributed by atoms with E-state index in [1.54, 1.807) is 25.3 Å². The summed E-state index contributed by atoms with van der Waals surface area (Å²) in [5.41, 5.74) is 1.26. The Hall–Kier alpha value is -1.49. The van der Waals surface area contributed by atoms with E-state index in [9.17, 15) is 4.79 Å². The topological polar surface area (TPSA) is 63.2 Å². The number of halogens is 2. The van der Waals surface area contributed by atoms with Crippen LogP contribution in [0.5, 0.6) is 5.75 Å². The van der Waals surface area contributed by atoms with Gasteiger partial charge in [-0.3, -0.25) is 10.1 Å². The summed E-state index contributed by atoms with van der Waals surface area (Å²) >= 11 is 14.9. The summed E-state index contributed by atoms with van der Waals surface area (Å²) in [4.78, 5) is 16.6. The quantitative estimate of drug-likeness (QED) is 0.401. The van der Waals surface area contributed by atoms with Gasteiger partial charge in [-0.1, -0.05) is 22.9 Å². The summed E-state index contributed by atoms with van der Waals surface area (Å²) in [5, 5.41) is 6.79. The number of hydrogen-bond donors (Lipinski definition) is 2. The van der Waals surface area contributed by atoms with Crippen molar-refractivity contribution in [3.8, 4) is 5.75 Å². The first-order chi connectivity index (χ1) is 12.0. The van der Waals surface area contributed by atoms with Crippen molar-refractivity contribution in [3.63, 3.8) is 0 Å². The van der Waals surface area contributed by atoms with Gasteiger partial charge in [-0.25, -0.2) is 4.98 Å². The molecule has 1 heterocycles. The molecule has 25 heavy (non-hydrogen) atoms. The predicted octanol–water partition coefficient (Wildman–Crippen LogP) is 4.69. The molecular formula is C16H11ClIN3O2S2. The molecule has 1 amide bonds. The van der Waals surface area contributed by atoms with E-state index in [1.165, 1.54) is 11.3 Å². The molecule has 0 unspecified atom stereocenters. The van der Waals surface area contributed by atoms with Gasteiger partial charge in [0.1, 0.15) is 5.75 Å². The van der Waals surface area contributed by atoms with Crippen molar-refractivity contribution in [1.29, 1.82) is 0 Å². The van der Waals surface area contributed by atoms with Crippen molar-refractivity contribution in [3.05, 3.63) is 50.6 Å². The summed E-state index contributed by atoms with van der Waals surface area (Å²) < 4.78 is 7.15. The van der Waals surface area contributed by atoms with Crippen molar-refractivity contribution in [1.82, 2.24) is 10.3 Å². The molecule has 0 fully saturated rings. The highest BCUT2D eigenvalue weighted by molar-refractivity contribution is 14.1. The molecule has 9 heteroatoms. The Labute approximate surface area is 171 Å². The molecule has 3 aromatic rings. The van der Waals surface area contributed by atoms with Crippen LogP contribution in [-0.2, 0) is 0 Å². The number of thiazole rings is 1. The molecule has 1 aromatic heterocycles. The van der Waals surface area contributed by atoms with Crippen LogP contribution in [0.25, 0.3) is 10.2 Å². The van der Waals surface area contributed by atoms with E-state index in [4.69, 9.17) is 28.6 Å². The zero-order chi connectivity index (χ0) is 18.0. The molecule has 0 saturated heterocycles. The van der Waals surface area contributed by atoms with Gasteiger partial charge >= 0.3 is 0 Å². The zero-order valence-electron chi connectivity index (χ0n) is 12.8. The zero-order valence-corrected chi connectivity index (χ0v) is 17.3. The summed E-state index contributed by atoms with van der Waals surface area (Å²) in [6.45, 7) is 0. The van der Waals surface area contributed by atoms with Crippen LogP contribution in [0.1, 0.15) is 10.4 Å². The van der Waals surface area contributed by atoms with E-state index in [1.807, 2.05) is 18.2 Å².